The van der Waals surface area contributed by atoms with E-state index in [1.165, 1.54) is 6.92 Å². The zero-order chi connectivity index (χ0) is 26.7. The number of nitrogens with zero attached hydrogens (tertiary/aromatic N) is 3. The average Bonchev–Trinajstić information content (AvgIpc) is 3.20. The molecule has 0 saturated carbocycles. The van der Waals surface area contributed by atoms with E-state index < -0.39 is 24.0 Å². The van der Waals surface area contributed by atoms with Crippen molar-refractivity contribution in [3.8, 4) is 0 Å². The van der Waals surface area contributed by atoms with Crippen LogP contribution in [0.15, 0.2) is 60.7 Å². The van der Waals surface area contributed by atoms with E-state index >= 15 is 0 Å². The number of carbonyl (C=O) groups is 1. The van der Waals surface area contributed by atoms with Gasteiger partial charge in [-0.25, -0.2) is 9.97 Å². The van der Waals surface area contributed by atoms with Gasteiger partial charge in [0.1, 0.15) is 11.3 Å². The van der Waals surface area contributed by atoms with E-state index in [4.69, 9.17) is 14.7 Å². The normalized spacial score (nSPS) is 13.5. The summed E-state index contributed by atoms with van der Waals surface area (Å²) in [6.07, 6.45) is -4.06. The van der Waals surface area contributed by atoms with Crippen molar-refractivity contribution in [1.29, 1.82) is 0 Å². The number of hydrogen-bond donors (Lipinski definition) is 0. The Morgan fingerprint density at radius 2 is 1.62 bits per heavy atom. The molecule has 0 N–H and O–H groups in total. The van der Waals surface area contributed by atoms with Crippen LogP contribution in [0.3, 0.4) is 0 Å². The monoisotopic (exact) mass is 509 g/mol. The highest BCUT2D eigenvalue weighted by Gasteiger charge is 2.51. The quantitative estimate of drug-likeness (QED) is 0.253. The Kier molecular flexibility index (Phi) is 7.66. The van der Waals surface area contributed by atoms with E-state index in [2.05, 4.69) is 4.57 Å². The lowest BCUT2D eigenvalue weighted by Crippen LogP contribution is -2.37. The molecule has 0 bridgehead atoms. The summed E-state index contributed by atoms with van der Waals surface area (Å²) in [6.45, 7) is 7.82. The smallest absolute Gasteiger partial charge is 0.403 e. The Morgan fingerprint density at radius 1 is 0.973 bits per heavy atom. The average molecular weight is 510 g/mol. The summed E-state index contributed by atoms with van der Waals surface area (Å²) in [5.74, 6) is -3.94. The van der Waals surface area contributed by atoms with E-state index in [-0.39, 0.29) is 6.61 Å². The predicted molar refractivity (Wildman–Crippen MR) is 136 cm³/mol. The van der Waals surface area contributed by atoms with Gasteiger partial charge in [0.15, 0.2) is 11.6 Å². The second kappa shape index (κ2) is 10.7. The maximum absolute atomic E-state index is 14.2. The minimum absolute atomic E-state index is 0.128. The van der Waals surface area contributed by atoms with Crippen molar-refractivity contribution in [2.24, 2.45) is 5.92 Å². The molecule has 0 aliphatic carbocycles. The zero-order valence-electron chi connectivity index (χ0n) is 21.3. The number of aromatic nitrogens is 3. The van der Waals surface area contributed by atoms with E-state index in [1.54, 1.807) is 54.6 Å². The number of halogens is 3. The second-order valence-electron chi connectivity index (χ2n) is 9.12. The molecule has 0 radical (unpaired) electrons. The number of rotatable bonds is 8. The highest BCUT2D eigenvalue weighted by Crippen LogP contribution is 2.42. The summed E-state index contributed by atoms with van der Waals surface area (Å²) >= 11 is 0. The third kappa shape index (κ3) is 5.53. The van der Waals surface area contributed by atoms with Gasteiger partial charge in [-0.3, -0.25) is 4.79 Å². The van der Waals surface area contributed by atoms with E-state index in [9.17, 15) is 18.0 Å². The van der Waals surface area contributed by atoms with Crippen molar-refractivity contribution in [1.82, 2.24) is 14.5 Å². The van der Waals surface area contributed by atoms with Crippen LogP contribution in [0.1, 0.15) is 53.5 Å². The summed E-state index contributed by atoms with van der Waals surface area (Å²) in [5, 5.41) is 0. The summed E-state index contributed by atoms with van der Waals surface area (Å²) in [6, 6.07) is 17.2. The standard InChI is InChI=1S/C29H30F3N3O2/c1-5-23-34-26-18(3)16-19(4)33-27(26)35(23)17-20-12-14-22(15-13-20)24(21-10-8-7-9-11-21)25(29(30,31)32)28(36)37-6-2/h7-16,24-25H,5-6,17H2,1-4H3. The lowest BCUT2D eigenvalue weighted by atomic mass is 9.80. The van der Waals surface area contributed by atoms with Crippen molar-refractivity contribution in [2.75, 3.05) is 6.61 Å². The summed E-state index contributed by atoms with van der Waals surface area (Å²) in [4.78, 5) is 22.0. The first-order valence-corrected chi connectivity index (χ1v) is 12.3. The number of imidazole rings is 1. The molecule has 4 rings (SSSR count). The predicted octanol–water partition coefficient (Wildman–Crippen LogP) is 6.53. The number of benzene rings is 2. The molecule has 37 heavy (non-hydrogen) atoms. The minimum Gasteiger partial charge on any atom is -0.465 e. The molecule has 2 unspecified atom stereocenters. The molecule has 2 atom stereocenters. The summed E-state index contributed by atoms with van der Waals surface area (Å²) < 4.78 is 49.6. The van der Waals surface area contributed by atoms with Gasteiger partial charge in [0, 0.05) is 18.0 Å². The number of hydrogen-bond acceptors (Lipinski definition) is 4. The molecule has 0 aliphatic rings. The van der Waals surface area contributed by atoms with Crippen LogP contribution in [-0.4, -0.2) is 33.3 Å². The van der Waals surface area contributed by atoms with Gasteiger partial charge < -0.3 is 9.30 Å². The zero-order valence-corrected chi connectivity index (χ0v) is 21.3. The fourth-order valence-electron chi connectivity index (χ4n) is 4.83. The maximum Gasteiger partial charge on any atom is 0.403 e. The lowest BCUT2D eigenvalue weighted by molar-refractivity contribution is -0.199. The molecule has 0 amide bonds. The lowest BCUT2D eigenvalue weighted by Gasteiger charge is -2.28. The Bertz CT molecular complexity index is 1380. The van der Waals surface area contributed by atoms with Crippen LogP contribution in [0.4, 0.5) is 13.2 Å². The van der Waals surface area contributed by atoms with Gasteiger partial charge in [0.25, 0.3) is 0 Å². The topological polar surface area (TPSA) is 57.0 Å². The van der Waals surface area contributed by atoms with Gasteiger partial charge in [-0.1, -0.05) is 61.5 Å². The third-order valence-electron chi connectivity index (χ3n) is 6.48. The van der Waals surface area contributed by atoms with Crippen LogP contribution < -0.4 is 0 Å². The molecule has 0 saturated heterocycles. The molecule has 2 aromatic heterocycles. The van der Waals surface area contributed by atoms with E-state index in [0.717, 1.165) is 40.2 Å². The Labute approximate surface area is 214 Å². The SMILES string of the molecule is CCOC(=O)C(C(c1ccccc1)c1ccc(Cn2c(CC)nc3c(C)cc(C)nc32)cc1)C(F)(F)F. The van der Waals surface area contributed by atoms with Crippen molar-refractivity contribution in [3.05, 3.63) is 94.4 Å². The first-order valence-electron chi connectivity index (χ1n) is 12.3. The van der Waals surface area contributed by atoms with Crippen LogP contribution >= 0.6 is 0 Å². The number of fused-ring (bicyclic) bond motifs is 1. The Balaban J connectivity index is 1.74. The van der Waals surface area contributed by atoms with Crippen LogP contribution in [0, 0.1) is 19.8 Å². The van der Waals surface area contributed by atoms with Gasteiger partial charge >= 0.3 is 12.1 Å². The fraction of sp³-hybridized carbons (Fsp3) is 0.345. The summed E-state index contributed by atoms with van der Waals surface area (Å²) in [7, 11) is 0. The summed E-state index contributed by atoms with van der Waals surface area (Å²) in [5.41, 5.74) is 5.27. The van der Waals surface area contributed by atoms with Crippen LogP contribution in [0.5, 0.6) is 0 Å². The molecule has 2 aromatic carbocycles. The van der Waals surface area contributed by atoms with Crippen molar-refractivity contribution in [3.63, 3.8) is 0 Å². The molecule has 0 aliphatic heterocycles. The molecule has 4 aromatic rings. The molecule has 194 valence electrons. The molecule has 5 nitrogen and oxygen atoms in total. The van der Waals surface area contributed by atoms with Gasteiger partial charge in [0.05, 0.1) is 13.2 Å². The minimum atomic E-state index is -4.78. The van der Waals surface area contributed by atoms with Crippen LogP contribution in [0.25, 0.3) is 11.2 Å². The Hall–Kier alpha value is -3.68. The first-order chi connectivity index (χ1) is 17.6. The first kappa shape index (κ1) is 26.4. The molecule has 0 spiro atoms. The Morgan fingerprint density at radius 3 is 2.22 bits per heavy atom. The second-order valence-corrected chi connectivity index (χ2v) is 9.12. The van der Waals surface area contributed by atoms with Crippen molar-refractivity contribution < 1.29 is 22.7 Å². The van der Waals surface area contributed by atoms with E-state index in [0.29, 0.717) is 17.7 Å². The number of alkyl halides is 3. The fourth-order valence-corrected chi connectivity index (χ4v) is 4.83. The van der Waals surface area contributed by atoms with Gasteiger partial charge in [-0.15, -0.1) is 0 Å². The molecule has 0 fully saturated rings. The highest BCUT2D eigenvalue weighted by molar-refractivity contribution is 5.76. The van der Waals surface area contributed by atoms with Gasteiger partial charge in [-0.05, 0) is 49.1 Å². The highest BCUT2D eigenvalue weighted by atomic mass is 19.4. The maximum atomic E-state index is 14.2. The van der Waals surface area contributed by atoms with E-state index in [1.807, 2.05) is 26.8 Å². The third-order valence-corrected chi connectivity index (χ3v) is 6.48. The number of esters is 1. The molecule has 2 heterocycles. The molecular formula is C29H30F3N3O2. The number of pyridine rings is 1. The van der Waals surface area contributed by atoms with Gasteiger partial charge in [0.2, 0.25) is 0 Å². The number of aryl methyl sites for hydroxylation is 3. The van der Waals surface area contributed by atoms with Gasteiger partial charge in [-0.2, -0.15) is 13.2 Å². The number of ether oxygens (including phenoxy) is 1. The van der Waals surface area contributed by atoms with Crippen molar-refractivity contribution >= 4 is 17.1 Å². The number of carbonyl (C=O) groups excluding carboxylic acids is 1. The molecule has 8 heteroatoms. The molecular weight excluding hydrogens is 479 g/mol. The van der Waals surface area contributed by atoms with Crippen LogP contribution in [0.2, 0.25) is 0 Å². The van der Waals surface area contributed by atoms with Crippen LogP contribution in [-0.2, 0) is 22.5 Å². The van der Waals surface area contributed by atoms with Crippen molar-refractivity contribution in [2.45, 2.75) is 52.8 Å². The largest absolute Gasteiger partial charge is 0.465 e.